The van der Waals surface area contributed by atoms with Crippen LogP contribution in [0.5, 0.6) is 0 Å². The van der Waals surface area contributed by atoms with Crippen molar-refractivity contribution < 1.29 is 14.7 Å². The highest BCUT2D eigenvalue weighted by atomic mass is 16.3. The Hall–Kier alpha value is -6.39. The normalized spacial score (nSPS) is 17.4. The molecule has 8 rings (SSSR count). The van der Waals surface area contributed by atoms with Gasteiger partial charge in [0.25, 0.3) is 5.56 Å². The van der Waals surface area contributed by atoms with Crippen molar-refractivity contribution in [1.82, 2.24) is 39.4 Å². The molecule has 324 valence electrons. The highest BCUT2D eigenvalue weighted by molar-refractivity contribution is 6.14. The monoisotopic (exact) mass is 840 g/mol. The van der Waals surface area contributed by atoms with Crippen molar-refractivity contribution in [2.24, 2.45) is 10.9 Å². The minimum absolute atomic E-state index is 0.245. The van der Waals surface area contributed by atoms with Gasteiger partial charge >= 0.3 is 6.03 Å². The zero-order chi connectivity index (χ0) is 43.5. The van der Waals surface area contributed by atoms with Crippen molar-refractivity contribution in [3.8, 4) is 5.82 Å². The number of likely N-dealkylation sites (tertiary alicyclic amines) is 1. The van der Waals surface area contributed by atoms with Gasteiger partial charge in [-0.25, -0.2) is 24.1 Å². The second-order valence-electron chi connectivity index (χ2n) is 16.9. The number of carbonyl (C=O) groups excluding carboxylic acids is 2. The second kappa shape index (κ2) is 17.9. The van der Waals surface area contributed by atoms with Crippen LogP contribution in [0.15, 0.2) is 89.3 Å². The van der Waals surface area contributed by atoms with Crippen molar-refractivity contribution in [3.05, 3.63) is 107 Å². The molecule has 4 N–H and O–H groups in total. The molecule has 3 fully saturated rings. The number of nitrogens with zero attached hydrogens (tertiary/aromatic N) is 9. The van der Waals surface area contributed by atoms with E-state index in [1.165, 1.54) is 21.3 Å². The molecule has 3 amide bonds. The van der Waals surface area contributed by atoms with E-state index in [9.17, 15) is 19.5 Å². The number of hydrogen-bond acceptors (Lipinski definition) is 12. The van der Waals surface area contributed by atoms with Crippen molar-refractivity contribution in [3.63, 3.8) is 0 Å². The van der Waals surface area contributed by atoms with Crippen molar-refractivity contribution >= 4 is 51.8 Å². The lowest BCUT2D eigenvalue weighted by atomic mass is 9.88. The first-order valence-electron chi connectivity index (χ1n) is 21.5. The second-order valence-corrected chi connectivity index (χ2v) is 16.9. The van der Waals surface area contributed by atoms with Crippen LogP contribution in [-0.2, 0) is 16.9 Å². The van der Waals surface area contributed by atoms with Gasteiger partial charge in [0.2, 0.25) is 11.9 Å². The first kappa shape index (κ1) is 42.3. The Morgan fingerprint density at radius 3 is 2.42 bits per heavy atom. The van der Waals surface area contributed by atoms with Crippen LogP contribution in [0.25, 0.3) is 16.9 Å². The van der Waals surface area contributed by atoms with Crippen molar-refractivity contribution in [1.29, 1.82) is 0 Å². The zero-order valence-electron chi connectivity index (χ0n) is 36.0. The average molecular weight is 841 g/mol. The van der Waals surface area contributed by atoms with Crippen molar-refractivity contribution in [2.45, 2.75) is 64.0 Å². The van der Waals surface area contributed by atoms with Crippen LogP contribution in [0.4, 0.5) is 27.8 Å². The lowest BCUT2D eigenvalue weighted by Crippen LogP contribution is -2.52. The smallest absolute Gasteiger partial charge is 0.329 e. The van der Waals surface area contributed by atoms with Crippen LogP contribution >= 0.6 is 0 Å². The number of aromatic nitrogens is 5. The number of pyridine rings is 1. The summed E-state index contributed by atoms with van der Waals surface area (Å²) in [5.41, 5.74) is 4.50. The fraction of sp³-hybridized carbons (Fsp3) is 0.413. The molecule has 3 aromatic heterocycles. The summed E-state index contributed by atoms with van der Waals surface area (Å²) in [6.07, 6.45) is 7.94. The first-order valence-corrected chi connectivity index (χ1v) is 21.5. The lowest BCUT2D eigenvalue weighted by molar-refractivity contribution is -0.121. The van der Waals surface area contributed by atoms with E-state index in [0.717, 1.165) is 81.0 Å². The predicted octanol–water partition coefficient (Wildman–Crippen LogP) is 5.59. The number of fused-ring (bicyclic) bond motifs is 1. The van der Waals surface area contributed by atoms with Crippen LogP contribution in [0, 0.1) is 5.92 Å². The Kier molecular flexibility index (Phi) is 12.2. The van der Waals surface area contributed by atoms with Gasteiger partial charge in [0.1, 0.15) is 16.8 Å². The summed E-state index contributed by atoms with van der Waals surface area (Å²) in [6.45, 7) is 13.0. The lowest BCUT2D eigenvalue weighted by Gasteiger charge is -2.38. The first-order chi connectivity index (χ1) is 29.9. The Morgan fingerprint density at radius 2 is 1.74 bits per heavy atom. The number of aliphatic hydroxyl groups is 1. The molecule has 0 atom stereocenters. The number of piperidine rings is 2. The van der Waals surface area contributed by atoms with Crippen LogP contribution in [-0.4, -0.2) is 110 Å². The molecule has 62 heavy (non-hydrogen) atoms. The molecule has 16 nitrogen and oxygen atoms in total. The number of benzene rings is 2. The molecule has 0 saturated carbocycles. The fourth-order valence-corrected chi connectivity index (χ4v) is 8.93. The fourth-order valence-electron chi connectivity index (χ4n) is 8.93. The molecule has 0 bridgehead atoms. The minimum Gasteiger partial charge on any atom is -0.387 e. The molecule has 0 unspecified atom stereocenters. The van der Waals surface area contributed by atoms with Gasteiger partial charge in [0.15, 0.2) is 11.5 Å². The molecule has 5 aromatic rings. The van der Waals surface area contributed by atoms with E-state index >= 15 is 0 Å². The molecule has 3 saturated heterocycles. The van der Waals surface area contributed by atoms with E-state index in [-0.39, 0.29) is 24.4 Å². The number of amidine groups is 1. The topological polar surface area (TPSA) is 178 Å². The molecule has 0 spiro atoms. The van der Waals surface area contributed by atoms with E-state index in [1.54, 1.807) is 49.9 Å². The molecule has 16 heteroatoms. The molecule has 3 aliphatic heterocycles. The highest BCUT2D eigenvalue weighted by Crippen LogP contribution is 2.33. The van der Waals surface area contributed by atoms with Gasteiger partial charge in [-0.3, -0.25) is 24.8 Å². The number of anilines is 4. The number of rotatable bonds is 12. The highest BCUT2D eigenvalue weighted by Gasteiger charge is 2.30. The van der Waals surface area contributed by atoms with Gasteiger partial charge < -0.3 is 25.5 Å². The standard InChI is InChI=1S/C46H56N12O4/c1-6-21-57-43(60)36-28-49-44(53-42(36)58(57)39-9-7-8-38(51-39)46(2,3)62)50-33-12-10-31(11-13-33)32-18-22-54(23-19-32)29-30-16-24-55(25-17-30)34-14-15-35(37(27-34)47-4)41(48-5)56-26-20-40(59)52-45(56)61/h6-15,27-28,30,32,47,62H,1,16-26,29H2,2-5H3,(H,49,50,53)(H,52,59,61). The van der Waals surface area contributed by atoms with Gasteiger partial charge in [-0.2, -0.15) is 4.98 Å². The van der Waals surface area contributed by atoms with Gasteiger partial charge in [-0.15, -0.1) is 6.58 Å². The van der Waals surface area contributed by atoms with E-state index < -0.39 is 11.6 Å². The zero-order valence-corrected chi connectivity index (χ0v) is 36.0. The van der Waals surface area contributed by atoms with Crippen LogP contribution in [0.2, 0.25) is 0 Å². The third kappa shape index (κ3) is 8.83. The maximum absolute atomic E-state index is 13.4. The van der Waals surface area contributed by atoms with Crippen LogP contribution in [0.3, 0.4) is 0 Å². The number of amides is 3. The van der Waals surface area contributed by atoms with E-state index in [0.29, 0.717) is 52.7 Å². The molecular weight excluding hydrogens is 785 g/mol. The predicted molar refractivity (Wildman–Crippen MR) is 243 cm³/mol. The summed E-state index contributed by atoms with van der Waals surface area (Å²) < 4.78 is 3.18. The number of nitrogens with one attached hydrogen (secondary N) is 3. The molecule has 2 aromatic carbocycles. The van der Waals surface area contributed by atoms with E-state index in [2.05, 4.69) is 83.7 Å². The molecule has 0 radical (unpaired) electrons. The maximum atomic E-state index is 13.4. The minimum atomic E-state index is -1.17. The number of hydrogen-bond donors (Lipinski definition) is 4. The summed E-state index contributed by atoms with van der Waals surface area (Å²) in [7, 11) is 3.55. The summed E-state index contributed by atoms with van der Waals surface area (Å²) in [4.78, 5) is 62.7. The Labute approximate surface area is 361 Å². The summed E-state index contributed by atoms with van der Waals surface area (Å²) in [5.74, 6) is 2.24. The van der Waals surface area contributed by atoms with Gasteiger partial charge in [0, 0.05) is 75.5 Å². The summed E-state index contributed by atoms with van der Waals surface area (Å²) in [5, 5.41) is 20.0. The summed E-state index contributed by atoms with van der Waals surface area (Å²) in [6, 6.07) is 19.7. The number of allylic oxidation sites excluding steroid dienone is 1. The van der Waals surface area contributed by atoms with Gasteiger partial charge in [-0.1, -0.05) is 24.3 Å². The average Bonchev–Trinajstić information content (AvgIpc) is 3.55. The van der Waals surface area contributed by atoms with Gasteiger partial charge in [-0.05, 0) is 112 Å². The summed E-state index contributed by atoms with van der Waals surface area (Å²) >= 11 is 0. The maximum Gasteiger partial charge on any atom is 0.329 e. The Balaban J connectivity index is 0.848. The number of aliphatic imine (C=N–C) groups is 1. The largest absolute Gasteiger partial charge is 0.387 e. The Morgan fingerprint density at radius 1 is 0.984 bits per heavy atom. The molecule has 3 aliphatic rings. The quantitative estimate of drug-likeness (QED) is 0.0700. The number of urea groups is 1. The van der Waals surface area contributed by atoms with Crippen LogP contribution < -0.4 is 26.4 Å². The van der Waals surface area contributed by atoms with E-state index in [4.69, 9.17) is 4.98 Å². The number of carbonyl (C=O) groups is 2. The van der Waals surface area contributed by atoms with Crippen LogP contribution in [0.1, 0.15) is 68.7 Å². The van der Waals surface area contributed by atoms with Crippen molar-refractivity contribution in [2.75, 3.05) is 68.9 Å². The molecule has 6 heterocycles. The third-order valence-corrected chi connectivity index (χ3v) is 12.3. The SMILES string of the molecule is C=CCn1c(=O)c2cnc(Nc3ccc(C4CCN(CC5CCN(c6ccc(C(=NC)N7CCC(=O)NC7=O)c(NC)c6)CC5)CC4)cc3)nc2n1-c1cccc(C(C)(C)O)n1. The van der Waals surface area contributed by atoms with Gasteiger partial charge in [0.05, 0.1) is 12.2 Å². The Bertz CT molecular complexity index is 2540. The molecular formula is C46H56N12O4. The van der Waals surface area contributed by atoms with E-state index in [1.807, 2.05) is 13.1 Å². The third-order valence-electron chi connectivity index (χ3n) is 12.3. The molecule has 0 aliphatic carbocycles. The number of imide groups is 1.